The Balaban J connectivity index is 1.91. The first kappa shape index (κ1) is 18.3. The van der Waals surface area contributed by atoms with Crippen molar-refractivity contribution in [2.75, 3.05) is 12.4 Å². The Labute approximate surface area is 166 Å². The predicted octanol–water partition coefficient (Wildman–Crippen LogP) is 3.53. The van der Waals surface area contributed by atoms with Gasteiger partial charge in [0, 0.05) is 24.2 Å². The van der Waals surface area contributed by atoms with Gasteiger partial charge in [0.05, 0.1) is 30.1 Å². The van der Waals surface area contributed by atoms with Crippen LogP contribution in [0.15, 0.2) is 54.7 Å². The molecule has 1 aliphatic rings. The van der Waals surface area contributed by atoms with Crippen LogP contribution in [0.2, 0.25) is 0 Å². The molecule has 3 aromatic rings. The van der Waals surface area contributed by atoms with Crippen molar-refractivity contribution in [2.45, 2.75) is 12.3 Å². The molecular formula is C22H17N3O4. The van der Waals surface area contributed by atoms with Gasteiger partial charge in [-0.05, 0) is 42.0 Å². The number of aromatic nitrogens is 1. The monoisotopic (exact) mass is 387 g/mol. The Bertz CT molecular complexity index is 1140. The van der Waals surface area contributed by atoms with Crippen molar-refractivity contribution in [3.63, 3.8) is 0 Å². The van der Waals surface area contributed by atoms with Crippen LogP contribution < -0.4 is 10.1 Å². The number of nitrogens with one attached hydrogen (secondary N) is 1. The molecule has 0 bridgehead atoms. The van der Waals surface area contributed by atoms with Crippen LogP contribution in [-0.2, 0) is 4.79 Å². The van der Waals surface area contributed by atoms with Gasteiger partial charge in [-0.15, -0.1) is 0 Å². The summed E-state index contributed by atoms with van der Waals surface area (Å²) in [6, 6.07) is 16.3. The van der Waals surface area contributed by atoms with Gasteiger partial charge in [-0.1, -0.05) is 12.1 Å². The van der Waals surface area contributed by atoms with E-state index in [-0.39, 0.29) is 23.8 Å². The number of amides is 1. The van der Waals surface area contributed by atoms with Crippen LogP contribution in [0.3, 0.4) is 0 Å². The quantitative estimate of drug-likeness (QED) is 0.713. The Morgan fingerprint density at radius 3 is 2.48 bits per heavy atom. The zero-order valence-corrected chi connectivity index (χ0v) is 15.5. The van der Waals surface area contributed by atoms with Crippen LogP contribution in [0.5, 0.6) is 5.75 Å². The molecule has 7 heteroatoms. The SMILES string of the molecule is COc1ccc(-n2cc(C(=O)O)c3c2[C@@H](c2ccc(C#N)cc2)CC(=O)N3)cc1. The largest absolute Gasteiger partial charge is 0.497 e. The lowest BCUT2D eigenvalue weighted by Crippen LogP contribution is -2.25. The third kappa shape index (κ3) is 3.21. The minimum absolute atomic E-state index is 0.0301. The van der Waals surface area contributed by atoms with E-state index in [1.54, 1.807) is 48.1 Å². The van der Waals surface area contributed by atoms with Gasteiger partial charge in [-0.25, -0.2) is 4.79 Å². The number of anilines is 1. The van der Waals surface area contributed by atoms with Crippen molar-refractivity contribution in [3.8, 4) is 17.5 Å². The van der Waals surface area contributed by atoms with E-state index in [1.165, 1.54) is 6.20 Å². The van der Waals surface area contributed by atoms with Gasteiger partial charge in [0.25, 0.3) is 0 Å². The van der Waals surface area contributed by atoms with E-state index in [9.17, 15) is 14.7 Å². The van der Waals surface area contributed by atoms with Crippen molar-refractivity contribution >= 4 is 17.6 Å². The minimum atomic E-state index is -1.12. The number of hydrogen-bond acceptors (Lipinski definition) is 4. The Morgan fingerprint density at radius 1 is 1.21 bits per heavy atom. The van der Waals surface area contributed by atoms with Gasteiger partial charge in [0.15, 0.2) is 0 Å². The van der Waals surface area contributed by atoms with E-state index in [4.69, 9.17) is 10.00 Å². The summed E-state index contributed by atoms with van der Waals surface area (Å²) < 4.78 is 6.99. The van der Waals surface area contributed by atoms with E-state index in [2.05, 4.69) is 11.4 Å². The maximum atomic E-state index is 12.4. The van der Waals surface area contributed by atoms with Crippen LogP contribution in [0.4, 0.5) is 5.69 Å². The topological polar surface area (TPSA) is 104 Å². The first-order chi connectivity index (χ1) is 14.0. The molecule has 0 aliphatic carbocycles. The van der Waals surface area contributed by atoms with Crippen molar-refractivity contribution < 1.29 is 19.4 Å². The maximum Gasteiger partial charge on any atom is 0.339 e. The number of carbonyl (C=O) groups is 2. The Hall–Kier alpha value is -4.05. The van der Waals surface area contributed by atoms with Crippen LogP contribution in [0, 0.1) is 11.3 Å². The van der Waals surface area contributed by atoms with Crippen LogP contribution in [-0.4, -0.2) is 28.7 Å². The third-order valence-corrected chi connectivity index (χ3v) is 5.05. The van der Waals surface area contributed by atoms with E-state index < -0.39 is 5.97 Å². The molecule has 0 spiro atoms. The van der Waals surface area contributed by atoms with E-state index in [1.807, 2.05) is 12.1 Å². The van der Waals surface area contributed by atoms with Crippen LogP contribution in [0.1, 0.15) is 39.5 Å². The normalized spacial score (nSPS) is 15.2. The van der Waals surface area contributed by atoms with Crippen molar-refractivity contribution in [2.24, 2.45) is 0 Å². The molecule has 1 atom stereocenters. The number of carbonyl (C=O) groups excluding carboxylic acids is 1. The van der Waals surface area contributed by atoms with E-state index in [0.717, 1.165) is 11.3 Å². The molecule has 0 unspecified atom stereocenters. The maximum absolute atomic E-state index is 12.4. The highest BCUT2D eigenvalue weighted by Crippen LogP contribution is 2.41. The summed E-state index contributed by atoms with van der Waals surface area (Å²) >= 11 is 0. The molecule has 29 heavy (non-hydrogen) atoms. The highest BCUT2D eigenvalue weighted by molar-refractivity contribution is 6.04. The third-order valence-electron chi connectivity index (χ3n) is 5.05. The van der Waals surface area contributed by atoms with Crippen molar-refractivity contribution in [3.05, 3.63) is 77.1 Å². The molecule has 144 valence electrons. The molecule has 7 nitrogen and oxygen atoms in total. The lowest BCUT2D eigenvalue weighted by Gasteiger charge is -2.26. The van der Waals surface area contributed by atoms with Gasteiger partial charge >= 0.3 is 5.97 Å². The average Bonchev–Trinajstić information content (AvgIpc) is 3.13. The number of carboxylic acid groups (broad SMARTS) is 1. The second kappa shape index (κ2) is 7.17. The second-order valence-electron chi connectivity index (χ2n) is 6.71. The van der Waals surface area contributed by atoms with Crippen molar-refractivity contribution in [1.82, 2.24) is 4.57 Å². The fourth-order valence-electron chi connectivity index (χ4n) is 3.65. The summed E-state index contributed by atoms with van der Waals surface area (Å²) in [5.41, 5.74) is 3.14. The van der Waals surface area contributed by atoms with E-state index >= 15 is 0 Å². The molecule has 0 saturated heterocycles. The number of rotatable bonds is 4. The summed E-state index contributed by atoms with van der Waals surface area (Å²) in [6.07, 6.45) is 1.70. The molecule has 0 radical (unpaired) electrons. The highest BCUT2D eigenvalue weighted by Gasteiger charge is 2.34. The summed E-state index contributed by atoms with van der Waals surface area (Å²) in [6.45, 7) is 0. The number of carboxylic acids is 1. The fourth-order valence-corrected chi connectivity index (χ4v) is 3.65. The Kier molecular flexibility index (Phi) is 4.53. The predicted molar refractivity (Wildman–Crippen MR) is 106 cm³/mol. The van der Waals surface area contributed by atoms with Crippen molar-refractivity contribution in [1.29, 1.82) is 5.26 Å². The zero-order valence-electron chi connectivity index (χ0n) is 15.5. The molecule has 2 heterocycles. The number of benzene rings is 2. The first-order valence-electron chi connectivity index (χ1n) is 8.94. The Morgan fingerprint density at radius 2 is 1.90 bits per heavy atom. The van der Waals surface area contributed by atoms with Gasteiger partial charge in [0.1, 0.15) is 11.3 Å². The summed E-state index contributed by atoms with van der Waals surface area (Å²) in [7, 11) is 1.57. The summed E-state index contributed by atoms with van der Waals surface area (Å²) in [5.74, 6) is -1.02. The molecule has 1 amide bonds. The number of nitrogens with zero attached hydrogens (tertiary/aromatic N) is 2. The highest BCUT2D eigenvalue weighted by atomic mass is 16.5. The lowest BCUT2D eigenvalue weighted by atomic mass is 9.88. The van der Waals surface area contributed by atoms with Gasteiger partial charge in [0.2, 0.25) is 5.91 Å². The van der Waals surface area contributed by atoms with Crippen LogP contribution in [0.25, 0.3) is 5.69 Å². The molecule has 2 aromatic carbocycles. The number of nitriles is 1. The zero-order chi connectivity index (χ0) is 20.5. The van der Waals surface area contributed by atoms with Gasteiger partial charge < -0.3 is 19.7 Å². The number of ether oxygens (including phenoxy) is 1. The van der Waals surface area contributed by atoms with Crippen LogP contribution >= 0.6 is 0 Å². The molecule has 1 aliphatic heterocycles. The number of aromatic carboxylic acids is 1. The molecular weight excluding hydrogens is 370 g/mol. The lowest BCUT2D eigenvalue weighted by molar-refractivity contribution is -0.116. The average molecular weight is 387 g/mol. The van der Waals surface area contributed by atoms with Gasteiger partial charge in [-0.3, -0.25) is 4.79 Å². The summed E-state index contributed by atoms with van der Waals surface area (Å²) in [5, 5.41) is 21.4. The number of methoxy groups -OCH3 is 1. The number of fused-ring (bicyclic) bond motifs is 1. The number of hydrogen-bond donors (Lipinski definition) is 2. The summed E-state index contributed by atoms with van der Waals surface area (Å²) in [4.78, 5) is 24.2. The minimum Gasteiger partial charge on any atom is -0.497 e. The smallest absolute Gasteiger partial charge is 0.339 e. The molecule has 2 N–H and O–H groups in total. The molecule has 0 saturated carbocycles. The van der Waals surface area contributed by atoms with Gasteiger partial charge in [-0.2, -0.15) is 5.26 Å². The van der Waals surface area contributed by atoms with E-state index in [0.29, 0.717) is 22.7 Å². The first-order valence-corrected chi connectivity index (χ1v) is 8.94. The molecule has 4 rings (SSSR count). The standard InChI is InChI=1S/C22H17N3O4/c1-29-16-8-6-15(7-9-16)25-12-18(22(27)28)20-21(25)17(10-19(26)24-20)14-4-2-13(11-23)3-5-14/h2-9,12,17H,10H2,1H3,(H,24,26)(H,27,28)/t17-/m1/s1. The molecule has 1 aromatic heterocycles. The molecule has 0 fully saturated rings. The second-order valence-corrected chi connectivity index (χ2v) is 6.71. The fraction of sp³-hybridized carbons (Fsp3) is 0.136.